The van der Waals surface area contributed by atoms with E-state index >= 15 is 0 Å². The molecule has 1 unspecified atom stereocenters. The number of hydrogen-bond acceptors (Lipinski definition) is 2. The summed E-state index contributed by atoms with van der Waals surface area (Å²) in [6, 6.07) is 11.3. The van der Waals surface area contributed by atoms with Gasteiger partial charge in [-0.15, -0.1) is 0 Å². The fraction of sp³-hybridized carbons (Fsp3) is 0.533. The number of ketones is 1. The molecule has 0 spiro atoms. The number of benzene rings is 1. The van der Waals surface area contributed by atoms with Crippen molar-refractivity contribution in [3.05, 3.63) is 35.9 Å². The van der Waals surface area contributed by atoms with Crippen molar-refractivity contribution in [1.82, 2.24) is 5.32 Å². The number of hydrogen-bond donors (Lipinski definition) is 1. The Kier molecular flexibility index (Phi) is 5.92. The summed E-state index contributed by atoms with van der Waals surface area (Å²) >= 11 is 0. The Morgan fingerprint density at radius 2 is 1.88 bits per heavy atom. The molecular weight excluding hydrogens is 210 g/mol. The SMILES string of the molecule is CC(=O)CCC(Cc1ccccc1)NC(C)C. The number of nitrogens with one attached hydrogen (secondary N) is 1. The molecule has 0 bridgehead atoms. The lowest BCUT2D eigenvalue weighted by Crippen LogP contribution is -2.36. The molecule has 1 aromatic rings. The molecule has 0 aliphatic carbocycles. The molecule has 0 aromatic heterocycles. The summed E-state index contributed by atoms with van der Waals surface area (Å²) in [6.45, 7) is 5.95. The highest BCUT2D eigenvalue weighted by molar-refractivity contribution is 5.75. The van der Waals surface area contributed by atoms with Gasteiger partial charge in [-0.25, -0.2) is 0 Å². The minimum absolute atomic E-state index is 0.272. The maximum atomic E-state index is 11.1. The molecule has 0 radical (unpaired) electrons. The van der Waals surface area contributed by atoms with Gasteiger partial charge >= 0.3 is 0 Å². The summed E-state index contributed by atoms with van der Waals surface area (Å²) in [5.41, 5.74) is 1.33. The summed E-state index contributed by atoms with van der Waals surface area (Å²) in [4.78, 5) is 11.1. The van der Waals surface area contributed by atoms with E-state index < -0.39 is 0 Å². The minimum atomic E-state index is 0.272. The maximum Gasteiger partial charge on any atom is 0.129 e. The third kappa shape index (κ3) is 6.22. The molecule has 0 saturated carbocycles. The predicted molar refractivity (Wildman–Crippen MR) is 72.1 cm³/mol. The van der Waals surface area contributed by atoms with E-state index in [4.69, 9.17) is 0 Å². The van der Waals surface area contributed by atoms with E-state index in [0.29, 0.717) is 18.5 Å². The van der Waals surface area contributed by atoms with E-state index in [1.165, 1.54) is 5.56 Å². The van der Waals surface area contributed by atoms with Gasteiger partial charge in [0.25, 0.3) is 0 Å². The third-order valence-corrected chi connectivity index (χ3v) is 2.74. The van der Waals surface area contributed by atoms with Crippen molar-refractivity contribution >= 4 is 5.78 Å². The molecule has 0 aliphatic heterocycles. The molecular formula is C15H23NO. The van der Waals surface area contributed by atoms with Crippen LogP contribution in [0.3, 0.4) is 0 Å². The second-order valence-corrected chi connectivity index (χ2v) is 4.95. The van der Waals surface area contributed by atoms with Crippen molar-refractivity contribution < 1.29 is 4.79 Å². The van der Waals surface area contributed by atoms with Gasteiger partial charge in [0.15, 0.2) is 0 Å². The smallest absolute Gasteiger partial charge is 0.129 e. The fourth-order valence-electron chi connectivity index (χ4n) is 1.99. The second kappa shape index (κ2) is 7.23. The molecule has 1 N–H and O–H groups in total. The number of carbonyl (C=O) groups excluding carboxylic acids is 1. The van der Waals surface area contributed by atoms with Crippen molar-refractivity contribution in [2.24, 2.45) is 0 Å². The van der Waals surface area contributed by atoms with Gasteiger partial charge in [0, 0.05) is 18.5 Å². The summed E-state index contributed by atoms with van der Waals surface area (Å²) in [5.74, 6) is 0.272. The van der Waals surface area contributed by atoms with E-state index in [0.717, 1.165) is 12.8 Å². The summed E-state index contributed by atoms with van der Waals surface area (Å²) in [7, 11) is 0. The number of carbonyl (C=O) groups is 1. The molecule has 94 valence electrons. The van der Waals surface area contributed by atoms with Crippen molar-refractivity contribution in [2.45, 2.75) is 52.1 Å². The van der Waals surface area contributed by atoms with Gasteiger partial charge in [-0.2, -0.15) is 0 Å². The van der Waals surface area contributed by atoms with Gasteiger partial charge in [0.2, 0.25) is 0 Å². The highest BCUT2D eigenvalue weighted by Crippen LogP contribution is 2.08. The van der Waals surface area contributed by atoms with Crippen molar-refractivity contribution in [2.75, 3.05) is 0 Å². The normalized spacial score (nSPS) is 12.7. The van der Waals surface area contributed by atoms with Crippen LogP contribution in [0.2, 0.25) is 0 Å². The first kappa shape index (κ1) is 13.9. The van der Waals surface area contributed by atoms with Crippen LogP contribution in [-0.2, 0) is 11.2 Å². The monoisotopic (exact) mass is 233 g/mol. The van der Waals surface area contributed by atoms with Crippen LogP contribution in [0.1, 0.15) is 39.2 Å². The van der Waals surface area contributed by atoms with Crippen LogP contribution in [0.15, 0.2) is 30.3 Å². The second-order valence-electron chi connectivity index (χ2n) is 4.95. The van der Waals surface area contributed by atoms with Crippen molar-refractivity contribution in [1.29, 1.82) is 0 Å². The van der Waals surface area contributed by atoms with Crippen LogP contribution in [0.25, 0.3) is 0 Å². The fourth-order valence-corrected chi connectivity index (χ4v) is 1.99. The van der Waals surface area contributed by atoms with Crippen LogP contribution >= 0.6 is 0 Å². The number of rotatable bonds is 7. The Bertz CT molecular complexity index is 332. The molecule has 0 fully saturated rings. The van der Waals surface area contributed by atoms with E-state index in [1.807, 2.05) is 6.07 Å². The molecule has 17 heavy (non-hydrogen) atoms. The summed E-state index contributed by atoms with van der Waals surface area (Å²) in [5, 5.41) is 3.53. The van der Waals surface area contributed by atoms with Crippen LogP contribution in [0.5, 0.6) is 0 Å². The zero-order valence-corrected chi connectivity index (χ0v) is 11.1. The number of Topliss-reactive ketones (excluding diaryl/α,β-unsaturated/α-hetero) is 1. The van der Waals surface area contributed by atoms with E-state index in [9.17, 15) is 4.79 Å². The maximum absolute atomic E-state index is 11.1. The van der Waals surface area contributed by atoms with Crippen LogP contribution in [0, 0.1) is 0 Å². The Hall–Kier alpha value is -1.15. The summed E-state index contributed by atoms with van der Waals surface area (Å²) < 4.78 is 0. The molecule has 0 saturated heterocycles. The first-order valence-electron chi connectivity index (χ1n) is 6.37. The highest BCUT2D eigenvalue weighted by atomic mass is 16.1. The van der Waals surface area contributed by atoms with Crippen LogP contribution in [0.4, 0.5) is 0 Å². The Morgan fingerprint density at radius 1 is 1.24 bits per heavy atom. The molecule has 0 heterocycles. The van der Waals surface area contributed by atoms with Gasteiger partial charge in [0.05, 0.1) is 0 Å². The van der Waals surface area contributed by atoms with Crippen LogP contribution in [-0.4, -0.2) is 17.9 Å². The molecule has 0 aliphatic rings. The van der Waals surface area contributed by atoms with Crippen LogP contribution < -0.4 is 5.32 Å². The topological polar surface area (TPSA) is 29.1 Å². The lowest BCUT2D eigenvalue weighted by molar-refractivity contribution is -0.117. The zero-order chi connectivity index (χ0) is 12.7. The average molecular weight is 233 g/mol. The molecule has 2 heteroatoms. The standard InChI is InChI=1S/C15H23NO/c1-12(2)16-15(10-9-13(3)17)11-14-7-5-4-6-8-14/h4-8,12,15-16H,9-11H2,1-3H3. The van der Waals surface area contributed by atoms with Gasteiger partial charge in [-0.05, 0) is 25.3 Å². The summed E-state index contributed by atoms with van der Waals surface area (Å²) in [6.07, 6.45) is 2.58. The zero-order valence-electron chi connectivity index (χ0n) is 11.1. The lowest BCUT2D eigenvalue weighted by Gasteiger charge is -2.21. The van der Waals surface area contributed by atoms with Gasteiger partial charge in [-0.1, -0.05) is 44.2 Å². The lowest BCUT2D eigenvalue weighted by atomic mass is 10.00. The average Bonchev–Trinajstić information content (AvgIpc) is 2.26. The Labute approximate surface area is 104 Å². The molecule has 2 nitrogen and oxygen atoms in total. The predicted octanol–water partition coefficient (Wildman–Crippen LogP) is 2.96. The van der Waals surface area contributed by atoms with Gasteiger partial charge < -0.3 is 10.1 Å². The molecule has 1 aromatic carbocycles. The van der Waals surface area contributed by atoms with E-state index in [-0.39, 0.29) is 5.78 Å². The largest absolute Gasteiger partial charge is 0.311 e. The molecule has 1 rings (SSSR count). The molecule has 0 amide bonds. The highest BCUT2D eigenvalue weighted by Gasteiger charge is 2.11. The van der Waals surface area contributed by atoms with Crippen molar-refractivity contribution in [3.63, 3.8) is 0 Å². The van der Waals surface area contributed by atoms with E-state index in [1.54, 1.807) is 6.92 Å². The van der Waals surface area contributed by atoms with E-state index in [2.05, 4.69) is 43.4 Å². The Morgan fingerprint density at radius 3 is 2.41 bits per heavy atom. The first-order valence-corrected chi connectivity index (χ1v) is 6.37. The quantitative estimate of drug-likeness (QED) is 0.784. The van der Waals surface area contributed by atoms with Gasteiger partial charge in [-0.3, -0.25) is 0 Å². The van der Waals surface area contributed by atoms with Gasteiger partial charge in [0.1, 0.15) is 5.78 Å². The first-order chi connectivity index (χ1) is 8.08. The third-order valence-electron chi connectivity index (χ3n) is 2.74. The minimum Gasteiger partial charge on any atom is -0.311 e. The molecule has 1 atom stereocenters. The van der Waals surface area contributed by atoms with Crippen molar-refractivity contribution in [3.8, 4) is 0 Å². The Balaban J connectivity index is 2.53.